The summed E-state index contributed by atoms with van der Waals surface area (Å²) in [5, 5.41) is 15.4. The fourth-order valence-electron chi connectivity index (χ4n) is 3.63. The first-order chi connectivity index (χ1) is 13.0. The highest BCUT2D eigenvalue weighted by Crippen LogP contribution is 2.39. The van der Waals surface area contributed by atoms with E-state index in [1.165, 1.54) is 5.56 Å². The molecule has 0 saturated heterocycles. The van der Waals surface area contributed by atoms with Gasteiger partial charge in [-0.2, -0.15) is 0 Å². The molecule has 0 fully saturated rings. The lowest BCUT2D eigenvalue weighted by molar-refractivity contribution is -0.142. The van der Waals surface area contributed by atoms with Gasteiger partial charge in [0, 0.05) is 18.7 Å². The second-order valence-corrected chi connectivity index (χ2v) is 6.72. The van der Waals surface area contributed by atoms with Crippen LogP contribution in [0.4, 0.5) is 5.69 Å². The third kappa shape index (κ3) is 3.17. The molecule has 4 rings (SSSR count). The van der Waals surface area contributed by atoms with E-state index in [0.29, 0.717) is 5.56 Å². The molecule has 7 nitrogen and oxygen atoms in total. The Bertz CT molecular complexity index is 953. The van der Waals surface area contributed by atoms with Crippen molar-refractivity contribution in [1.29, 1.82) is 0 Å². The van der Waals surface area contributed by atoms with E-state index in [-0.39, 0.29) is 11.6 Å². The average Bonchev–Trinajstić information content (AvgIpc) is 2.97. The quantitative estimate of drug-likeness (QED) is 0.810. The first-order valence-corrected chi connectivity index (χ1v) is 8.71. The van der Waals surface area contributed by atoms with Crippen LogP contribution in [0.15, 0.2) is 41.6 Å². The van der Waals surface area contributed by atoms with Crippen LogP contribution in [0, 0.1) is 0 Å². The highest BCUT2D eigenvalue weighted by atomic mass is 16.6. The lowest BCUT2D eigenvalue weighted by atomic mass is 9.87. The zero-order valence-corrected chi connectivity index (χ0v) is 14.9. The molecule has 2 aromatic rings. The predicted molar refractivity (Wildman–Crippen MR) is 101 cm³/mol. The zero-order valence-electron chi connectivity index (χ0n) is 14.9. The Morgan fingerprint density at radius 1 is 1.26 bits per heavy atom. The van der Waals surface area contributed by atoms with Gasteiger partial charge in [-0.05, 0) is 41.8 Å². The summed E-state index contributed by atoms with van der Waals surface area (Å²) in [6.45, 7) is 1.08. The number of anilines is 1. The maximum Gasteiger partial charge on any atom is 0.344 e. The van der Waals surface area contributed by atoms with Crippen LogP contribution in [0.5, 0.6) is 0 Å². The van der Waals surface area contributed by atoms with Crippen LogP contribution in [-0.2, 0) is 27.4 Å². The lowest BCUT2D eigenvalue weighted by Gasteiger charge is -2.29. The number of aliphatic carboxylic acids is 1. The fraction of sp³-hybridized carbons (Fsp3) is 0.250. The summed E-state index contributed by atoms with van der Waals surface area (Å²) >= 11 is 0. The second kappa shape index (κ2) is 6.85. The van der Waals surface area contributed by atoms with Crippen molar-refractivity contribution in [3.05, 3.63) is 53.1 Å². The fourth-order valence-corrected chi connectivity index (χ4v) is 3.63. The smallest absolute Gasteiger partial charge is 0.344 e. The molecule has 0 aliphatic carbocycles. The molecule has 7 heteroatoms. The van der Waals surface area contributed by atoms with Crippen LogP contribution in [0.25, 0.3) is 11.1 Å². The molecule has 2 aliphatic rings. The molecule has 0 aromatic heterocycles. The molecule has 2 N–H and O–H groups in total. The number of nitrogens with one attached hydrogen (secondary N) is 1. The largest absolute Gasteiger partial charge is 0.479 e. The van der Waals surface area contributed by atoms with Gasteiger partial charge in [0.05, 0.1) is 5.69 Å². The summed E-state index contributed by atoms with van der Waals surface area (Å²) < 4.78 is 0. The van der Waals surface area contributed by atoms with Crippen LogP contribution in [0.2, 0.25) is 0 Å². The van der Waals surface area contributed by atoms with E-state index in [4.69, 9.17) is 9.94 Å². The van der Waals surface area contributed by atoms with Crippen molar-refractivity contribution in [3.8, 4) is 11.1 Å². The predicted octanol–water partition coefficient (Wildman–Crippen LogP) is 2.10. The summed E-state index contributed by atoms with van der Waals surface area (Å²) in [5.74, 6) is -1.52. The van der Waals surface area contributed by atoms with Crippen LogP contribution in [-0.4, -0.2) is 47.8 Å². The first-order valence-electron chi connectivity index (χ1n) is 8.71. The molecule has 1 amide bonds. The minimum atomic E-state index is -1.14. The van der Waals surface area contributed by atoms with Crippen molar-refractivity contribution >= 4 is 23.3 Å². The summed E-state index contributed by atoms with van der Waals surface area (Å²) in [6.07, 6.45) is 0.890. The van der Waals surface area contributed by atoms with Crippen LogP contribution < -0.4 is 5.32 Å². The van der Waals surface area contributed by atoms with Gasteiger partial charge >= 0.3 is 5.97 Å². The van der Waals surface area contributed by atoms with Crippen LogP contribution >= 0.6 is 0 Å². The molecular formula is C20H19N3O4. The summed E-state index contributed by atoms with van der Waals surface area (Å²) in [7, 11) is 2.05. The Hall–Kier alpha value is -3.19. The van der Waals surface area contributed by atoms with Gasteiger partial charge in [0.1, 0.15) is 0 Å². The number of benzene rings is 2. The minimum Gasteiger partial charge on any atom is -0.479 e. The Morgan fingerprint density at radius 3 is 2.78 bits per heavy atom. The highest BCUT2D eigenvalue weighted by Gasteiger charge is 2.33. The van der Waals surface area contributed by atoms with Gasteiger partial charge in [0.25, 0.3) is 5.91 Å². The minimum absolute atomic E-state index is 0.111. The van der Waals surface area contributed by atoms with Crippen molar-refractivity contribution in [3.63, 3.8) is 0 Å². The maximum atomic E-state index is 12.4. The Labute approximate surface area is 156 Å². The normalized spacial score (nSPS) is 17.4. The molecule has 138 valence electrons. The lowest BCUT2D eigenvalue weighted by Crippen LogP contribution is -2.27. The summed E-state index contributed by atoms with van der Waals surface area (Å²) in [6, 6.07) is 12.0. The number of carbonyl (C=O) groups is 2. The SMILES string of the molecule is CN1CCc2c(-c3ccccc3)cc3c(c2C1)NC(=O)/C3=N\OCC(=O)O. The zero-order chi connectivity index (χ0) is 19.0. The van der Waals surface area contributed by atoms with Crippen molar-refractivity contribution in [2.24, 2.45) is 5.16 Å². The van der Waals surface area contributed by atoms with Gasteiger partial charge < -0.3 is 20.2 Å². The molecular weight excluding hydrogens is 346 g/mol. The monoisotopic (exact) mass is 365 g/mol. The van der Waals surface area contributed by atoms with Gasteiger partial charge in [-0.25, -0.2) is 4.79 Å². The number of carbonyl (C=O) groups excluding carboxylic acids is 1. The summed E-state index contributed by atoms with van der Waals surface area (Å²) in [5.41, 5.74) is 5.96. The van der Waals surface area contributed by atoms with E-state index in [1.807, 2.05) is 43.4 Å². The van der Waals surface area contributed by atoms with Gasteiger partial charge in [-0.15, -0.1) is 0 Å². The molecule has 0 spiro atoms. The molecule has 0 bridgehead atoms. The van der Waals surface area contributed by atoms with E-state index < -0.39 is 12.6 Å². The highest BCUT2D eigenvalue weighted by molar-refractivity contribution is 6.54. The van der Waals surface area contributed by atoms with Gasteiger partial charge in [-0.3, -0.25) is 4.79 Å². The van der Waals surface area contributed by atoms with Crippen molar-refractivity contribution < 1.29 is 19.5 Å². The molecule has 2 aromatic carbocycles. The number of oxime groups is 1. The van der Waals surface area contributed by atoms with E-state index in [9.17, 15) is 9.59 Å². The number of carboxylic acids is 1. The number of rotatable bonds is 4. The topological polar surface area (TPSA) is 91.2 Å². The standard InChI is InChI=1S/C20H19N3O4/c1-23-8-7-13-14(12-5-3-2-4-6-12)9-15-18(16(13)10-23)21-20(26)19(15)22-27-11-17(24)25/h2-6,9H,7-8,10-11H2,1H3,(H,24,25)(H,21,22,26). The molecule has 2 aliphatic heterocycles. The number of fused-ring (bicyclic) bond motifs is 3. The van der Waals surface area contributed by atoms with Crippen molar-refractivity contribution in [2.75, 3.05) is 25.5 Å². The second-order valence-electron chi connectivity index (χ2n) is 6.72. The Balaban J connectivity index is 1.87. The van der Waals surface area contributed by atoms with Gasteiger partial charge in [-0.1, -0.05) is 35.5 Å². The molecule has 27 heavy (non-hydrogen) atoms. The Morgan fingerprint density at radius 2 is 2.04 bits per heavy atom. The number of likely N-dealkylation sites (N-methyl/N-ethyl adjacent to an activating group) is 1. The summed E-state index contributed by atoms with van der Waals surface area (Å²) in [4.78, 5) is 30.1. The van der Waals surface area contributed by atoms with Crippen molar-refractivity contribution in [2.45, 2.75) is 13.0 Å². The maximum absolute atomic E-state index is 12.4. The Kier molecular flexibility index (Phi) is 4.37. The molecule has 0 saturated carbocycles. The molecule has 2 heterocycles. The number of hydrogen-bond acceptors (Lipinski definition) is 5. The van der Waals surface area contributed by atoms with Crippen LogP contribution in [0.3, 0.4) is 0 Å². The average molecular weight is 365 g/mol. The number of hydrogen-bond donors (Lipinski definition) is 2. The van der Waals surface area contributed by atoms with E-state index in [2.05, 4.69) is 15.4 Å². The van der Waals surface area contributed by atoms with Crippen molar-refractivity contribution in [1.82, 2.24) is 4.90 Å². The first kappa shape index (κ1) is 17.2. The van der Waals surface area contributed by atoms with E-state index in [1.54, 1.807) is 0 Å². The van der Waals surface area contributed by atoms with E-state index >= 15 is 0 Å². The molecule has 0 unspecified atom stereocenters. The third-order valence-electron chi connectivity index (χ3n) is 4.86. The third-order valence-corrected chi connectivity index (χ3v) is 4.86. The number of nitrogens with zero attached hydrogens (tertiary/aromatic N) is 2. The van der Waals surface area contributed by atoms with Crippen LogP contribution in [0.1, 0.15) is 16.7 Å². The van der Waals surface area contributed by atoms with Gasteiger partial charge in [0.15, 0.2) is 5.71 Å². The molecule has 0 radical (unpaired) electrons. The number of amides is 1. The van der Waals surface area contributed by atoms with E-state index in [0.717, 1.165) is 41.9 Å². The van der Waals surface area contributed by atoms with Gasteiger partial charge in [0.2, 0.25) is 6.61 Å². The molecule has 0 atom stereocenters. The number of carboxylic acid groups (broad SMARTS) is 1.